The normalized spacial score (nSPS) is 19.3. The highest BCUT2D eigenvalue weighted by Gasteiger charge is 2.25. The molecule has 0 radical (unpaired) electrons. The van der Waals surface area contributed by atoms with Gasteiger partial charge in [-0.05, 0) is 24.6 Å². The zero-order valence-electron chi connectivity index (χ0n) is 10.2. The van der Waals surface area contributed by atoms with Crippen molar-refractivity contribution in [2.45, 2.75) is 19.1 Å². The van der Waals surface area contributed by atoms with E-state index in [1.165, 1.54) is 7.05 Å². The summed E-state index contributed by atoms with van der Waals surface area (Å²) in [6.07, 6.45) is -0.518. The largest absolute Gasteiger partial charge is 0.479 e. The maximum Gasteiger partial charge on any atom is 0.265 e. The van der Waals surface area contributed by atoms with E-state index in [1.807, 2.05) is 0 Å². The number of benzene rings is 1. The van der Waals surface area contributed by atoms with Crippen molar-refractivity contribution in [3.05, 3.63) is 23.8 Å². The summed E-state index contributed by atoms with van der Waals surface area (Å²) in [6, 6.07) is 4.29. The van der Waals surface area contributed by atoms with Crippen LogP contribution in [0.1, 0.15) is 18.5 Å². The van der Waals surface area contributed by atoms with Gasteiger partial charge in [-0.3, -0.25) is 9.59 Å². The highest BCUT2D eigenvalue weighted by molar-refractivity contribution is 5.97. The van der Waals surface area contributed by atoms with Crippen molar-refractivity contribution < 1.29 is 14.3 Å². The van der Waals surface area contributed by atoms with Gasteiger partial charge in [0.15, 0.2) is 6.10 Å². The number of likely N-dealkylation sites (N-methyl/N-ethyl adjacent to an activating group) is 1. The quantitative estimate of drug-likeness (QED) is 0.695. The maximum atomic E-state index is 11.5. The Hall–Kier alpha value is -2.08. The smallest absolute Gasteiger partial charge is 0.265 e. The van der Waals surface area contributed by atoms with Gasteiger partial charge in [-0.25, -0.2) is 0 Å². The minimum absolute atomic E-state index is 0.215. The van der Waals surface area contributed by atoms with Gasteiger partial charge in [-0.15, -0.1) is 0 Å². The summed E-state index contributed by atoms with van der Waals surface area (Å²) in [6.45, 7) is 1.67. The molecule has 4 N–H and O–H groups in total. The number of nitrogens with one attached hydrogen (secondary N) is 2. The number of carbonyl (C=O) groups is 2. The highest BCUT2D eigenvalue weighted by atomic mass is 16.5. The monoisotopic (exact) mass is 249 g/mol. The van der Waals surface area contributed by atoms with Gasteiger partial charge < -0.3 is 21.1 Å². The lowest BCUT2D eigenvalue weighted by Crippen LogP contribution is -2.35. The lowest BCUT2D eigenvalue weighted by molar-refractivity contribution is -0.123. The molecule has 18 heavy (non-hydrogen) atoms. The van der Waals surface area contributed by atoms with Gasteiger partial charge in [0, 0.05) is 7.05 Å². The number of nitrogens with two attached hydrogens (primary N) is 1. The van der Waals surface area contributed by atoms with Crippen molar-refractivity contribution in [1.82, 2.24) is 5.32 Å². The molecule has 0 aromatic heterocycles. The topological polar surface area (TPSA) is 93.5 Å². The molecule has 6 heteroatoms. The van der Waals surface area contributed by atoms with Crippen LogP contribution < -0.4 is 21.1 Å². The first-order chi connectivity index (χ1) is 8.52. The fourth-order valence-corrected chi connectivity index (χ4v) is 1.73. The molecule has 0 saturated heterocycles. The summed E-state index contributed by atoms with van der Waals surface area (Å²) in [5.74, 6) is 0.0782. The molecule has 6 nitrogen and oxygen atoms in total. The van der Waals surface area contributed by atoms with E-state index in [2.05, 4.69) is 10.6 Å². The molecule has 1 aromatic carbocycles. The Labute approximate surface area is 104 Å². The number of carbonyl (C=O) groups excluding carboxylic acids is 2. The Morgan fingerprint density at radius 3 is 2.94 bits per heavy atom. The lowest BCUT2D eigenvalue weighted by atomic mass is 10.0. The number of fused-ring (bicyclic) bond motifs is 1. The average Bonchev–Trinajstić information content (AvgIpc) is 2.37. The molecule has 2 rings (SSSR count). The van der Waals surface area contributed by atoms with E-state index < -0.39 is 12.1 Å². The molecule has 0 spiro atoms. The Balaban J connectivity index is 2.30. The molecule has 2 amide bonds. The first kappa shape index (κ1) is 12.4. The van der Waals surface area contributed by atoms with Crippen molar-refractivity contribution in [1.29, 1.82) is 0 Å². The summed E-state index contributed by atoms with van der Waals surface area (Å²) >= 11 is 0. The molecule has 1 aliphatic heterocycles. The molecule has 0 bridgehead atoms. The molecule has 1 aliphatic rings. The van der Waals surface area contributed by atoms with Crippen molar-refractivity contribution >= 4 is 17.5 Å². The standard InChI is InChI=1S/C12H15N3O3/c1-6-11(16)15-8-5-7(3-4-9(8)18-6)10(13)12(17)14-2/h3-6,10H,13H2,1-2H3,(H,14,17)(H,15,16). The molecule has 2 atom stereocenters. The molecule has 1 aromatic rings. The first-order valence-electron chi connectivity index (χ1n) is 5.61. The Kier molecular flexibility index (Phi) is 3.20. The Bertz CT molecular complexity index is 501. The molecule has 1 heterocycles. The third-order valence-corrected chi connectivity index (χ3v) is 2.82. The van der Waals surface area contributed by atoms with Gasteiger partial charge in [0.05, 0.1) is 5.69 Å². The summed E-state index contributed by atoms with van der Waals surface area (Å²) in [7, 11) is 1.52. The molecular formula is C12H15N3O3. The number of hydrogen-bond donors (Lipinski definition) is 3. The predicted octanol–water partition coefficient (Wildman–Crippen LogP) is 0.152. The Morgan fingerprint density at radius 2 is 2.28 bits per heavy atom. The van der Waals surface area contributed by atoms with Crippen molar-refractivity contribution in [3.8, 4) is 5.75 Å². The first-order valence-corrected chi connectivity index (χ1v) is 5.61. The van der Waals surface area contributed by atoms with Crippen molar-refractivity contribution in [2.24, 2.45) is 5.73 Å². The van der Waals surface area contributed by atoms with E-state index in [0.717, 1.165) is 0 Å². The van der Waals surface area contributed by atoms with Crippen LogP contribution in [0.4, 0.5) is 5.69 Å². The second kappa shape index (κ2) is 4.66. The summed E-state index contributed by atoms with van der Waals surface area (Å²) in [5.41, 5.74) is 6.93. The van der Waals surface area contributed by atoms with Crippen LogP contribution in [0.3, 0.4) is 0 Å². The molecule has 0 aliphatic carbocycles. The van der Waals surface area contributed by atoms with Crippen LogP contribution in [0, 0.1) is 0 Å². The number of anilines is 1. The Morgan fingerprint density at radius 1 is 1.56 bits per heavy atom. The number of ether oxygens (including phenoxy) is 1. The molecule has 96 valence electrons. The second-order valence-electron chi connectivity index (χ2n) is 4.10. The third kappa shape index (κ3) is 2.14. The minimum Gasteiger partial charge on any atom is -0.479 e. The lowest BCUT2D eigenvalue weighted by Gasteiger charge is -2.24. The zero-order chi connectivity index (χ0) is 13.3. The van der Waals surface area contributed by atoms with Gasteiger partial charge in [0.1, 0.15) is 11.8 Å². The third-order valence-electron chi connectivity index (χ3n) is 2.82. The van der Waals surface area contributed by atoms with Gasteiger partial charge in [0.25, 0.3) is 5.91 Å². The van der Waals surface area contributed by atoms with Crippen LogP contribution in [0.5, 0.6) is 5.75 Å². The van der Waals surface area contributed by atoms with Crippen molar-refractivity contribution in [2.75, 3.05) is 12.4 Å². The van der Waals surface area contributed by atoms with Gasteiger partial charge in [0.2, 0.25) is 5.91 Å². The van der Waals surface area contributed by atoms with Gasteiger partial charge in [-0.1, -0.05) is 6.07 Å². The fourth-order valence-electron chi connectivity index (χ4n) is 1.73. The fraction of sp³-hybridized carbons (Fsp3) is 0.333. The van der Waals surface area contributed by atoms with Crippen LogP contribution >= 0.6 is 0 Å². The summed E-state index contributed by atoms with van der Waals surface area (Å²) in [4.78, 5) is 22.9. The van der Waals surface area contributed by atoms with Gasteiger partial charge in [-0.2, -0.15) is 0 Å². The van der Waals surface area contributed by atoms with E-state index in [4.69, 9.17) is 10.5 Å². The van der Waals surface area contributed by atoms with E-state index >= 15 is 0 Å². The number of amides is 2. The van der Waals surface area contributed by atoms with Crippen LogP contribution in [0.2, 0.25) is 0 Å². The zero-order valence-corrected chi connectivity index (χ0v) is 10.2. The average molecular weight is 249 g/mol. The molecule has 0 saturated carbocycles. The highest BCUT2D eigenvalue weighted by Crippen LogP contribution is 2.31. The SMILES string of the molecule is CNC(=O)C(N)c1ccc2c(c1)NC(=O)C(C)O2. The van der Waals surface area contributed by atoms with Crippen molar-refractivity contribution in [3.63, 3.8) is 0 Å². The van der Waals surface area contributed by atoms with Crippen LogP contribution in [-0.2, 0) is 9.59 Å². The van der Waals surface area contributed by atoms with E-state index in [1.54, 1.807) is 25.1 Å². The van der Waals surface area contributed by atoms with Crippen LogP contribution in [0.15, 0.2) is 18.2 Å². The van der Waals surface area contributed by atoms with E-state index in [0.29, 0.717) is 17.0 Å². The maximum absolute atomic E-state index is 11.5. The van der Waals surface area contributed by atoms with Crippen LogP contribution in [-0.4, -0.2) is 25.0 Å². The number of hydrogen-bond acceptors (Lipinski definition) is 4. The summed E-state index contributed by atoms with van der Waals surface area (Å²) in [5, 5.41) is 5.19. The summed E-state index contributed by atoms with van der Waals surface area (Å²) < 4.78 is 5.41. The van der Waals surface area contributed by atoms with E-state index in [9.17, 15) is 9.59 Å². The number of rotatable bonds is 2. The minimum atomic E-state index is -0.767. The second-order valence-corrected chi connectivity index (χ2v) is 4.10. The van der Waals surface area contributed by atoms with E-state index in [-0.39, 0.29) is 11.8 Å². The van der Waals surface area contributed by atoms with Crippen LogP contribution in [0.25, 0.3) is 0 Å². The van der Waals surface area contributed by atoms with Gasteiger partial charge >= 0.3 is 0 Å². The molecule has 2 unspecified atom stereocenters. The predicted molar refractivity (Wildman–Crippen MR) is 66.2 cm³/mol. The molecular weight excluding hydrogens is 234 g/mol. The molecule has 0 fully saturated rings.